The molecule has 0 saturated carbocycles. The van der Waals surface area contributed by atoms with Crippen LogP contribution in [0.5, 0.6) is 0 Å². The Bertz CT molecular complexity index is 468. The summed E-state index contributed by atoms with van der Waals surface area (Å²) < 4.78 is 13.0. The number of halogens is 1. The molecule has 116 valence electrons. The molecule has 3 rings (SSSR count). The van der Waals surface area contributed by atoms with Gasteiger partial charge in [-0.05, 0) is 56.5 Å². The molecule has 1 N–H and O–H groups in total. The van der Waals surface area contributed by atoms with E-state index in [9.17, 15) is 9.50 Å². The van der Waals surface area contributed by atoms with Gasteiger partial charge in [-0.15, -0.1) is 0 Å². The minimum atomic E-state index is -0.781. The third-order valence-corrected chi connectivity index (χ3v) is 5.07. The van der Waals surface area contributed by atoms with Gasteiger partial charge in [0.1, 0.15) is 5.82 Å². The highest BCUT2D eigenvalue weighted by Crippen LogP contribution is 2.33. The molecule has 0 aliphatic carbocycles. The smallest absolute Gasteiger partial charge is 0.123 e. The standard InChI is InChI=1S/C17H25FN2O/c1-19-9-6-14(12-19)13-20-10-7-17(21,8-11-20)15-2-4-16(18)5-3-15/h2-5,14,21H,6-13H2,1H3. The van der Waals surface area contributed by atoms with E-state index in [4.69, 9.17) is 0 Å². The lowest BCUT2D eigenvalue weighted by Gasteiger charge is -2.39. The summed E-state index contributed by atoms with van der Waals surface area (Å²) in [7, 11) is 2.18. The number of aliphatic hydroxyl groups is 1. The van der Waals surface area contributed by atoms with E-state index < -0.39 is 5.60 Å². The molecule has 0 spiro atoms. The molecule has 4 heteroatoms. The SMILES string of the molecule is CN1CCC(CN2CCC(O)(c3ccc(F)cc3)CC2)C1. The van der Waals surface area contributed by atoms with Crippen LogP contribution in [0.3, 0.4) is 0 Å². The summed E-state index contributed by atoms with van der Waals surface area (Å²) in [5, 5.41) is 10.8. The van der Waals surface area contributed by atoms with Crippen LogP contribution in [0.2, 0.25) is 0 Å². The fourth-order valence-electron chi connectivity index (χ4n) is 3.69. The third kappa shape index (κ3) is 3.44. The second-order valence-electron chi connectivity index (χ2n) is 6.76. The van der Waals surface area contributed by atoms with Crippen LogP contribution in [0.25, 0.3) is 0 Å². The van der Waals surface area contributed by atoms with Gasteiger partial charge in [0.05, 0.1) is 5.60 Å². The zero-order valence-corrected chi connectivity index (χ0v) is 12.8. The van der Waals surface area contributed by atoms with Crippen LogP contribution < -0.4 is 0 Å². The molecule has 1 unspecified atom stereocenters. The summed E-state index contributed by atoms with van der Waals surface area (Å²) in [6.07, 6.45) is 2.76. The summed E-state index contributed by atoms with van der Waals surface area (Å²) in [6.45, 7) is 5.39. The molecule has 1 aromatic rings. The van der Waals surface area contributed by atoms with Gasteiger partial charge in [-0.1, -0.05) is 12.1 Å². The maximum absolute atomic E-state index is 13.0. The highest BCUT2D eigenvalue weighted by atomic mass is 19.1. The normalized spacial score (nSPS) is 27.1. The van der Waals surface area contributed by atoms with Gasteiger partial charge in [0.15, 0.2) is 0 Å². The van der Waals surface area contributed by atoms with Gasteiger partial charge < -0.3 is 14.9 Å². The van der Waals surface area contributed by atoms with E-state index in [1.54, 1.807) is 12.1 Å². The second-order valence-corrected chi connectivity index (χ2v) is 6.76. The number of nitrogens with zero attached hydrogens (tertiary/aromatic N) is 2. The van der Waals surface area contributed by atoms with E-state index in [-0.39, 0.29) is 5.82 Å². The van der Waals surface area contributed by atoms with E-state index in [0.29, 0.717) is 0 Å². The zero-order valence-electron chi connectivity index (χ0n) is 12.8. The molecule has 2 fully saturated rings. The first-order valence-electron chi connectivity index (χ1n) is 7.94. The summed E-state index contributed by atoms with van der Waals surface area (Å²) in [5.41, 5.74) is 0.0700. The molecular formula is C17H25FN2O. The average molecular weight is 292 g/mol. The molecule has 1 atom stereocenters. The molecule has 0 amide bonds. The van der Waals surface area contributed by atoms with Crippen LogP contribution in [0.4, 0.5) is 4.39 Å². The van der Waals surface area contributed by atoms with Crippen molar-refractivity contribution in [3.8, 4) is 0 Å². The quantitative estimate of drug-likeness (QED) is 0.924. The number of likely N-dealkylation sites (tertiary alicyclic amines) is 2. The molecule has 0 bridgehead atoms. The third-order valence-electron chi connectivity index (χ3n) is 5.07. The van der Waals surface area contributed by atoms with Crippen molar-refractivity contribution in [2.24, 2.45) is 5.92 Å². The van der Waals surface area contributed by atoms with Crippen molar-refractivity contribution in [2.45, 2.75) is 24.9 Å². The van der Waals surface area contributed by atoms with Crippen molar-refractivity contribution >= 4 is 0 Å². The van der Waals surface area contributed by atoms with Gasteiger partial charge >= 0.3 is 0 Å². The summed E-state index contributed by atoms with van der Waals surface area (Å²) in [5.74, 6) is 0.525. The molecule has 0 radical (unpaired) electrons. The number of rotatable bonds is 3. The monoisotopic (exact) mass is 292 g/mol. The predicted molar refractivity (Wildman–Crippen MR) is 81.6 cm³/mol. The van der Waals surface area contributed by atoms with Crippen LogP contribution in [0.1, 0.15) is 24.8 Å². The Balaban J connectivity index is 1.55. The Labute approximate surface area is 126 Å². The average Bonchev–Trinajstić information content (AvgIpc) is 2.88. The van der Waals surface area contributed by atoms with Crippen LogP contribution in [0.15, 0.2) is 24.3 Å². The van der Waals surface area contributed by atoms with Gasteiger partial charge in [0.25, 0.3) is 0 Å². The fraction of sp³-hybridized carbons (Fsp3) is 0.647. The summed E-state index contributed by atoms with van der Waals surface area (Å²) >= 11 is 0. The van der Waals surface area contributed by atoms with Crippen molar-refractivity contribution in [1.82, 2.24) is 9.80 Å². The second kappa shape index (κ2) is 6.03. The minimum Gasteiger partial charge on any atom is -0.385 e. The minimum absolute atomic E-state index is 0.245. The first kappa shape index (κ1) is 14.9. The van der Waals surface area contributed by atoms with Gasteiger partial charge in [-0.2, -0.15) is 0 Å². The van der Waals surface area contributed by atoms with Crippen molar-refractivity contribution < 1.29 is 9.50 Å². The fourth-order valence-corrected chi connectivity index (χ4v) is 3.69. The van der Waals surface area contributed by atoms with E-state index in [1.807, 2.05) is 0 Å². The topological polar surface area (TPSA) is 26.7 Å². The van der Waals surface area contributed by atoms with E-state index in [2.05, 4.69) is 16.8 Å². The maximum Gasteiger partial charge on any atom is 0.123 e. The van der Waals surface area contributed by atoms with Crippen LogP contribution in [-0.2, 0) is 5.60 Å². The lowest BCUT2D eigenvalue weighted by molar-refractivity contribution is -0.0285. The first-order valence-corrected chi connectivity index (χ1v) is 7.94. The van der Waals surface area contributed by atoms with Gasteiger partial charge in [0, 0.05) is 26.2 Å². The molecule has 2 saturated heterocycles. The Morgan fingerprint density at radius 3 is 2.43 bits per heavy atom. The highest BCUT2D eigenvalue weighted by molar-refractivity contribution is 5.23. The molecule has 2 aliphatic heterocycles. The highest BCUT2D eigenvalue weighted by Gasteiger charge is 2.34. The summed E-state index contributed by atoms with van der Waals surface area (Å²) in [4.78, 5) is 4.87. The van der Waals surface area contributed by atoms with Crippen LogP contribution >= 0.6 is 0 Å². The number of hydrogen-bond donors (Lipinski definition) is 1. The molecular weight excluding hydrogens is 267 g/mol. The van der Waals surface area contributed by atoms with Gasteiger partial charge in [-0.3, -0.25) is 0 Å². The maximum atomic E-state index is 13.0. The Kier molecular flexibility index (Phi) is 4.29. The largest absolute Gasteiger partial charge is 0.385 e. The Hall–Kier alpha value is -0.970. The lowest BCUT2D eigenvalue weighted by Crippen LogP contribution is -2.44. The van der Waals surface area contributed by atoms with Crippen molar-refractivity contribution in [3.05, 3.63) is 35.6 Å². The molecule has 3 nitrogen and oxygen atoms in total. The predicted octanol–water partition coefficient (Wildman–Crippen LogP) is 2.06. The zero-order chi connectivity index (χ0) is 14.9. The lowest BCUT2D eigenvalue weighted by atomic mass is 9.84. The van der Waals surface area contributed by atoms with E-state index >= 15 is 0 Å². The molecule has 1 aromatic carbocycles. The van der Waals surface area contributed by atoms with Crippen molar-refractivity contribution in [2.75, 3.05) is 39.8 Å². The summed E-state index contributed by atoms with van der Waals surface area (Å²) in [6, 6.07) is 6.32. The van der Waals surface area contributed by atoms with Crippen molar-refractivity contribution in [3.63, 3.8) is 0 Å². The van der Waals surface area contributed by atoms with Crippen molar-refractivity contribution in [1.29, 1.82) is 0 Å². The Morgan fingerprint density at radius 2 is 1.86 bits per heavy atom. The van der Waals surface area contributed by atoms with Gasteiger partial charge in [0.2, 0.25) is 0 Å². The first-order chi connectivity index (χ1) is 10.0. The van der Waals surface area contributed by atoms with E-state index in [1.165, 1.54) is 31.6 Å². The molecule has 2 aliphatic rings. The number of benzene rings is 1. The van der Waals surface area contributed by atoms with Gasteiger partial charge in [-0.25, -0.2) is 4.39 Å². The van der Waals surface area contributed by atoms with E-state index in [0.717, 1.165) is 44.0 Å². The molecule has 2 heterocycles. The molecule has 21 heavy (non-hydrogen) atoms. The number of hydrogen-bond acceptors (Lipinski definition) is 3. The number of piperidine rings is 1. The Morgan fingerprint density at radius 1 is 1.19 bits per heavy atom. The van der Waals surface area contributed by atoms with Crippen LogP contribution in [-0.4, -0.2) is 54.7 Å². The molecule has 0 aromatic heterocycles. The van der Waals surface area contributed by atoms with Crippen LogP contribution in [0, 0.1) is 11.7 Å².